The van der Waals surface area contributed by atoms with E-state index in [-0.39, 0.29) is 24.3 Å². The third-order valence-corrected chi connectivity index (χ3v) is 7.37. The van der Waals surface area contributed by atoms with Gasteiger partial charge in [0.2, 0.25) is 5.91 Å². The van der Waals surface area contributed by atoms with Gasteiger partial charge in [0.15, 0.2) is 0 Å². The van der Waals surface area contributed by atoms with Crippen molar-refractivity contribution in [2.75, 3.05) is 25.5 Å². The quantitative estimate of drug-likeness (QED) is 0.359. The molecule has 36 heavy (non-hydrogen) atoms. The summed E-state index contributed by atoms with van der Waals surface area (Å²) in [5, 5.41) is 3.16. The fraction of sp³-hybridized carbons (Fsp3) is 0.231. The Labute approximate surface area is 216 Å². The minimum atomic E-state index is -0.217. The number of methoxy groups -OCH3 is 1. The molecule has 5 rings (SSSR count). The minimum Gasteiger partial charge on any atom is -0.456 e. The lowest BCUT2D eigenvalue weighted by molar-refractivity contribution is -0.115. The molecule has 4 heterocycles. The van der Waals surface area contributed by atoms with E-state index < -0.39 is 0 Å². The van der Waals surface area contributed by atoms with Gasteiger partial charge in [-0.25, -0.2) is 4.98 Å². The molecule has 1 unspecified atom stereocenters. The van der Waals surface area contributed by atoms with Gasteiger partial charge in [-0.15, -0.1) is 11.3 Å². The number of aromatic nitrogens is 2. The highest BCUT2D eigenvalue weighted by Crippen LogP contribution is 2.36. The standard InChI is InChI=1S/C26H23ClN4O4S/c1-34-18-8-11-31(15-18)26(33)22-14-20-25(36-22)21(7-10-28-20)35-17-6-5-16(19(27)13-17)12-24(32)30-23-4-2-3-9-29-23/h2-7,9-10,13-14,18H,8,11-12,15H2,1H3,(H,29,30,32). The topological polar surface area (TPSA) is 93.6 Å². The molecule has 10 heteroatoms. The summed E-state index contributed by atoms with van der Waals surface area (Å²) in [6, 6.07) is 14.0. The molecular formula is C26H23ClN4O4S. The van der Waals surface area contributed by atoms with Crippen LogP contribution in [0.1, 0.15) is 21.7 Å². The fourth-order valence-electron chi connectivity index (χ4n) is 4.02. The molecule has 0 saturated carbocycles. The molecule has 1 atom stereocenters. The van der Waals surface area contributed by atoms with Crippen LogP contribution in [-0.4, -0.2) is 53.0 Å². The maximum absolute atomic E-state index is 13.0. The van der Waals surface area contributed by atoms with Gasteiger partial charge in [-0.3, -0.25) is 14.6 Å². The number of pyridine rings is 2. The van der Waals surface area contributed by atoms with E-state index in [1.165, 1.54) is 11.3 Å². The van der Waals surface area contributed by atoms with Crippen molar-refractivity contribution in [1.29, 1.82) is 0 Å². The van der Waals surface area contributed by atoms with E-state index in [1.54, 1.807) is 68.0 Å². The predicted octanol–water partition coefficient (Wildman–Crippen LogP) is 5.18. The summed E-state index contributed by atoms with van der Waals surface area (Å²) < 4.78 is 12.3. The summed E-state index contributed by atoms with van der Waals surface area (Å²) in [7, 11) is 1.67. The number of likely N-dealkylation sites (tertiary alicyclic amines) is 1. The highest BCUT2D eigenvalue weighted by molar-refractivity contribution is 7.21. The van der Waals surface area contributed by atoms with Crippen LogP contribution >= 0.6 is 22.9 Å². The van der Waals surface area contributed by atoms with Crippen molar-refractivity contribution in [3.63, 3.8) is 0 Å². The van der Waals surface area contributed by atoms with Crippen LogP contribution in [0.5, 0.6) is 11.5 Å². The number of hydrogen-bond donors (Lipinski definition) is 1. The molecule has 1 aliphatic rings. The SMILES string of the molecule is COC1CCN(C(=O)c2cc3nccc(Oc4ccc(CC(=O)Nc5ccccn5)c(Cl)c4)c3s2)C1. The number of fused-ring (bicyclic) bond motifs is 1. The molecule has 0 bridgehead atoms. The summed E-state index contributed by atoms with van der Waals surface area (Å²) in [6.07, 6.45) is 4.27. The number of benzene rings is 1. The van der Waals surface area contributed by atoms with Crippen LogP contribution in [0, 0.1) is 0 Å². The fourth-order valence-corrected chi connectivity index (χ4v) is 5.29. The molecule has 3 aromatic heterocycles. The highest BCUT2D eigenvalue weighted by Gasteiger charge is 2.28. The summed E-state index contributed by atoms with van der Waals surface area (Å²) in [5.41, 5.74) is 1.36. The van der Waals surface area contributed by atoms with E-state index in [0.717, 1.165) is 11.1 Å². The highest BCUT2D eigenvalue weighted by atomic mass is 35.5. The van der Waals surface area contributed by atoms with Crippen molar-refractivity contribution < 1.29 is 19.1 Å². The van der Waals surface area contributed by atoms with Crippen LogP contribution in [0.4, 0.5) is 5.82 Å². The smallest absolute Gasteiger partial charge is 0.264 e. The first-order valence-electron chi connectivity index (χ1n) is 11.4. The number of ether oxygens (including phenoxy) is 2. The molecule has 1 aromatic carbocycles. The van der Waals surface area contributed by atoms with Gasteiger partial charge in [0, 0.05) is 43.7 Å². The Morgan fingerprint density at radius 1 is 1.17 bits per heavy atom. The van der Waals surface area contributed by atoms with Gasteiger partial charge in [0.25, 0.3) is 5.91 Å². The van der Waals surface area contributed by atoms with Crippen LogP contribution in [0.3, 0.4) is 0 Å². The van der Waals surface area contributed by atoms with Crippen molar-refractivity contribution in [2.45, 2.75) is 18.9 Å². The average Bonchev–Trinajstić information content (AvgIpc) is 3.54. The predicted molar refractivity (Wildman–Crippen MR) is 139 cm³/mol. The van der Waals surface area contributed by atoms with E-state index >= 15 is 0 Å². The Hall–Kier alpha value is -3.53. The first kappa shape index (κ1) is 24.2. The van der Waals surface area contributed by atoms with Crippen molar-refractivity contribution in [3.05, 3.63) is 76.4 Å². The number of amides is 2. The Morgan fingerprint density at radius 2 is 2.06 bits per heavy atom. The van der Waals surface area contributed by atoms with Gasteiger partial charge in [-0.1, -0.05) is 23.7 Å². The van der Waals surface area contributed by atoms with Crippen LogP contribution in [0.15, 0.2) is 60.9 Å². The molecule has 1 aliphatic heterocycles. The number of rotatable bonds is 7. The first-order valence-corrected chi connectivity index (χ1v) is 12.6. The van der Waals surface area contributed by atoms with E-state index in [4.69, 9.17) is 21.1 Å². The maximum Gasteiger partial charge on any atom is 0.264 e. The van der Waals surface area contributed by atoms with Crippen molar-refractivity contribution in [2.24, 2.45) is 0 Å². The van der Waals surface area contributed by atoms with Crippen LogP contribution < -0.4 is 10.1 Å². The summed E-state index contributed by atoms with van der Waals surface area (Å²) in [6.45, 7) is 1.26. The Morgan fingerprint density at radius 3 is 2.81 bits per heavy atom. The maximum atomic E-state index is 13.0. The van der Waals surface area contributed by atoms with Crippen LogP contribution in [-0.2, 0) is 16.0 Å². The first-order chi connectivity index (χ1) is 17.5. The molecule has 8 nitrogen and oxygen atoms in total. The molecule has 2 amide bonds. The van der Waals surface area contributed by atoms with Crippen LogP contribution in [0.2, 0.25) is 5.02 Å². The number of hydrogen-bond acceptors (Lipinski definition) is 7. The van der Waals surface area contributed by atoms with E-state index in [1.807, 2.05) is 4.90 Å². The van der Waals surface area contributed by atoms with Gasteiger partial charge in [0.05, 0.1) is 27.6 Å². The zero-order chi connectivity index (χ0) is 25.1. The van der Waals surface area contributed by atoms with Crippen molar-refractivity contribution in [3.8, 4) is 11.5 Å². The third-order valence-electron chi connectivity index (χ3n) is 5.89. The Balaban J connectivity index is 1.29. The normalized spacial score (nSPS) is 15.3. The van der Waals surface area contributed by atoms with Gasteiger partial charge < -0.3 is 19.7 Å². The number of nitrogens with zero attached hydrogens (tertiary/aromatic N) is 3. The molecule has 0 aliphatic carbocycles. The summed E-state index contributed by atoms with van der Waals surface area (Å²) >= 11 is 7.81. The number of anilines is 1. The van der Waals surface area contributed by atoms with Gasteiger partial charge in [-0.05, 0) is 42.3 Å². The van der Waals surface area contributed by atoms with Crippen LogP contribution in [0.25, 0.3) is 10.2 Å². The summed E-state index contributed by atoms with van der Waals surface area (Å²) in [5.74, 6) is 1.34. The molecule has 4 aromatic rings. The molecular weight excluding hydrogens is 500 g/mol. The second-order valence-corrected chi connectivity index (χ2v) is 9.79. The van der Waals surface area contributed by atoms with E-state index in [0.29, 0.717) is 51.4 Å². The largest absolute Gasteiger partial charge is 0.456 e. The zero-order valence-corrected chi connectivity index (χ0v) is 21.0. The van der Waals surface area contributed by atoms with E-state index in [2.05, 4.69) is 15.3 Å². The lowest BCUT2D eigenvalue weighted by atomic mass is 10.1. The zero-order valence-electron chi connectivity index (χ0n) is 19.4. The molecule has 184 valence electrons. The van der Waals surface area contributed by atoms with Gasteiger partial charge in [0.1, 0.15) is 17.3 Å². The number of nitrogens with one attached hydrogen (secondary N) is 1. The number of thiophene rings is 1. The number of halogens is 1. The molecule has 0 spiro atoms. The molecule has 0 radical (unpaired) electrons. The number of carbonyl (C=O) groups is 2. The van der Waals surface area contributed by atoms with Gasteiger partial charge in [-0.2, -0.15) is 0 Å². The monoisotopic (exact) mass is 522 g/mol. The molecule has 1 saturated heterocycles. The third kappa shape index (κ3) is 5.33. The molecule has 1 N–H and O–H groups in total. The number of carbonyl (C=O) groups excluding carboxylic acids is 2. The Kier molecular flexibility index (Phi) is 7.13. The minimum absolute atomic E-state index is 0.0279. The van der Waals surface area contributed by atoms with Crippen molar-refractivity contribution in [1.82, 2.24) is 14.9 Å². The summed E-state index contributed by atoms with van der Waals surface area (Å²) in [4.78, 5) is 36.3. The second-order valence-electron chi connectivity index (χ2n) is 8.33. The Bertz CT molecular complexity index is 1410. The van der Waals surface area contributed by atoms with Gasteiger partial charge >= 0.3 is 0 Å². The van der Waals surface area contributed by atoms with E-state index in [9.17, 15) is 9.59 Å². The van der Waals surface area contributed by atoms with Crippen molar-refractivity contribution >= 4 is 50.8 Å². The molecule has 1 fully saturated rings. The second kappa shape index (κ2) is 10.6. The lowest BCUT2D eigenvalue weighted by Crippen LogP contribution is -2.29. The average molecular weight is 523 g/mol. The lowest BCUT2D eigenvalue weighted by Gasteiger charge is -2.14.